The summed E-state index contributed by atoms with van der Waals surface area (Å²) in [5.74, 6) is -0.684. The Balaban J connectivity index is 2.40. The summed E-state index contributed by atoms with van der Waals surface area (Å²) >= 11 is 0. The molecule has 0 aromatic carbocycles. The van der Waals surface area contributed by atoms with Gasteiger partial charge >= 0.3 is 0 Å². The second-order valence-electron chi connectivity index (χ2n) is 2.34. The average molecular weight is 141 g/mol. The van der Waals surface area contributed by atoms with Crippen molar-refractivity contribution < 1.29 is 9.59 Å². The van der Waals surface area contributed by atoms with Crippen LogP contribution in [0.5, 0.6) is 0 Å². The number of likely N-dealkylation sites (tertiary alicyclic amines) is 1. The molecule has 1 N–H and O–H groups in total. The summed E-state index contributed by atoms with van der Waals surface area (Å²) in [5.41, 5.74) is 6.60. The summed E-state index contributed by atoms with van der Waals surface area (Å²) in [5, 5.41) is 0. The lowest BCUT2D eigenvalue weighted by molar-refractivity contribution is -0.132. The van der Waals surface area contributed by atoms with Gasteiger partial charge in [0.2, 0.25) is 5.91 Å². The number of nitrogens with one attached hydrogen (secondary N) is 1. The Labute approximate surface area is 59.0 Å². The van der Waals surface area contributed by atoms with Gasteiger partial charge in [-0.25, -0.2) is 0 Å². The van der Waals surface area contributed by atoms with Gasteiger partial charge in [-0.3, -0.25) is 15.3 Å². The van der Waals surface area contributed by atoms with Crippen LogP contribution in [0.25, 0.3) is 0 Å². The predicted molar refractivity (Wildman–Crippen MR) is 33.9 cm³/mol. The lowest BCUT2D eigenvalue weighted by atomic mass is 10.4. The lowest BCUT2D eigenvalue weighted by Crippen LogP contribution is -2.31. The Kier molecular flexibility index (Phi) is 1.89. The van der Waals surface area contributed by atoms with Gasteiger partial charge in [-0.05, 0) is 6.42 Å². The molecule has 4 nitrogen and oxygen atoms in total. The van der Waals surface area contributed by atoms with E-state index in [1.165, 1.54) is 4.90 Å². The molecule has 1 radical (unpaired) electrons. The van der Waals surface area contributed by atoms with Crippen LogP contribution in [0.3, 0.4) is 0 Å². The smallest absolute Gasteiger partial charge is 0.257 e. The number of rotatable bonds is 2. The zero-order chi connectivity index (χ0) is 7.56. The van der Waals surface area contributed by atoms with E-state index in [1.54, 1.807) is 0 Å². The van der Waals surface area contributed by atoms with E-state index in [2.05, 4.69) is 0 Å². The largest absolute Gasteiger partial charge is 0.333 e. The Bertz CT molecular complexity index is 167. The van der Waals surface area contributed by atoms with Crippen molar-refractivity contribution in [2.45, 2.75) is 12.8 Å². The maximum absolute atomic E-state index is 10.8. The van der Waals surface area contributed by atoms with Gasteiger partial charge < -0.3 is 4.90 Å². The summed E-state index contributed by atoms with van der Waals surface area (Å²) in [6.07, 6.45) is 1.36. The normalized spacial score (nSPS) is 18.0. The van der Waals surface area contributed by atoms with Gasteiger partial charge in [0.1, 0.15) is 6.54 Å². The zero-order valence-corrected chi connectivity index (χ0v) is 5.59. The fourth-order valence-electron chi connectivity index (χ4n) is 1.04. The topological polar surface area (TPSA) is 61.2 Å². The molecule has 0 saturated carbocycles. The molecule has 10 heavy (non-hydrogen) atoms. The number of carbonyl (C=O) groups excluding carboxylic acids is 2. The molecule has 0 aromatic rings. The number of amides is 2. The number of hydrogen-bond donors (Lipinski definition) is 0. The monoisotopic (exact) mass is 141 g/mol. The molecule has 1 aliphatic rings. The molecule has 4 heteroatoms. The highest BCUT2D eigenvalue weighted by Crippen LogP contribution is 2.07. The minimum atomic E-state index is -0.685. The third kappa shape index (κ3) is 1.46. The lowest BCUT2D eigenvalue weighted by Gasteiger charge is -2.10. The van der Waals surface area contributed by atoms with Gasteiger partial charge in [0.15, 0.2) is 0 Å². The minimum absolute atomic E-state index is 0.000556. The van der Waals surface area contributed by atoms with Gasteiger partial charge in [0.05, 0.1) is 0 Å². The van der Waals surface area contributed by atoms with Crippen molar-refractivity contribution in [3.8, 4) is 0 Å². The first kappa shape index (κ1) is 7.05. The number of nitrogens with zero attached hydrogens (tertiary/aromatic N) is 1. The molecule has 55 valence electrons. The van der Waals surface area contributed by atoms with Crippen LogP contribution in [0, 0.1) is 0 Å². The Morgan fingerprint density at radius 2 is 2.40 bits per heavy atom. The van der Waals surface area contributed by atoms with E-state index in [1.807, 2.05) is 0 Å². The van der Waals surface area contributed by atoms with E-state index >= 15 is 0 Å². The first-order valence-electron chi connectivity index (χ1n) is 3.22. The van der Waals surface area contributed by atoms with Crippen molar-refractivity contribution in [1.29, 1.82) is 0 Å². The van der Waals surface area contributed by atoms with E-state index in [0.29, 0.717) is 13.0 Å². The van der Waals surface area contributed by atoms with Gasteiger partial charge in [0, 0.05) is 13.0 Å². The quantitative estimate of drug-likeness (QED) is 0.516. The van der Waals surface area contributed by atoms with Gasteiger partial charge in [0.25, 0.3) is 5.91 Å². The van der Waals surface area contributed by atoms with Crippen molar-refractivity contribution >= 4 is 11.8 Å². The molecule has 1 aliphatic heterocycles. The fourth-order valence-corrected chi connectivity index (χ4v) is 1.04. The van der Waals surface area contributed by atoms with E-state index in [9.17, 15) is 9.59 Å². The zero-order valence-electron chi connectivity index (χ0n) is 5.59. The van der Waals surface area contributed by atoms with Crippen LogP contribution < -0.4 is 5.73 Å². The predicted octanol–water partition coefficient (Wildman–Crippen LogP) is -0.582. The summed E-state index contributed by atoms with van der Waals surface area (Å²) in [6.45, 7) is 0.613. The Morgan fingerprint density at radius 3 is 2.80 bits per heavy atom. The summed E-state index contributed by atoms with van der Waals surface area (Å²) in [4.78, 5) is 22.4. The second kappa shape index (κ2) is 2.68. The van der Waals surface area contributed by atoms with E-state index < -0.39 is 5.91 Å². The Morgan fingerprint density at radius 1 is 1.70 bits per heavy atom. The summed E-state index contributed by atoms with van der Waals surface area (Å²) in [7, 11) is 0. The first-order chi connectivity index (χ1) is 4.70. The van der Waals surface area contributed by atoms with E-state index in [0.717, 1.165) is 6.42 Å². The van der Waals surface area contributed by atoms with Gasteiger partial charge in [-0.15, -0.1) is 0 Å². The second-order valence-corrected chi connectivity index (χ2v) is 2.34. The van der Waals surface area contributed by atoms with Crippen LogP contribution >= 0.6 is 0 Å². The highest BCUT2D eigenvalue weighted by atomic mass is 16.2. The highest BCUT2D eigenvalue weighted by Gasteiger charge is 2.20. The fraction of sp³-hybridized carbons (Fsp3) is 0.667. The Hall–Kier alpha value is -1.06. The summed E-state index contributed by atoms with van der Waals surface area (Å²) in [6, 6.07) is 0. The third-order valence-electron chi connectivity index (χ3n) is 1.51. The summed E-state index contributed by atoms with van der Waals surface area (Å²) < 4.78 is 0. The van der Waals surface area contributed by atoms with Crippen molar-refractivity contribution in [1.82, 2.24) is 10.6 Å². The molecular weight excluding hydrogens is 132 g/mol. The van der Waals surface area contributed by atoms with Crippen LogP contribution in [-0.4, -0.2) is 29.8 Å². The van der Waals surface area contributed by atoms with Gasteiger partial charge in [-0.2, -0.15) is 0 Å². The first-order valence-corrected chi connectivity index (χ1v) is 3.22. The van der Waals surface area contributed by atoms with Crippen LogP contribution in [0.15, 0.2) is 0 Å². The molecule has 0 unspecified atom stereocenters. The van der Waals surface area contributed by atoms with Crippen molar-refractivity contribution in [3.05, 3.63) is 0 Å². The minimum Gasteiger partial charge on any atom is -0.333 e. The molecular formula is C6H9N2O2. The van der Waals surface area contributed by atoms with Crippen LogP contribution in [-0.2, 0) is 9.59 Å². The molecule has 0 spiro atoms. The van der Waals surface area contributed by atoms with E-state index in [-0.39, 0.29) is 12.5 Å². The highest BCUT2D eigenvalue weighted by molar-refractivity contribution is 5.84. The molecule has 1 saturated heterocycles. The SMILES string of the molecule is [NH]C(=O)CN1CCCC1=O. The van der Waals surface area contributed by atoms with Crippen molar-refractivity contribution in [2.75, 3.05) is 13.1 Å². The number of hydrogen-bond acceptors (Lipinski definition) is 2. The van der Waals surface area contributed by atoms with Crippen LogP contribution in [0.4, 0.5) is 0 Å². The molecule has 0 aromatic heterocycles. The molecule has 1 rings (SSSR count). The molecule has 0 bridgehead atoms. The van der Waals surface area contributed by atoms with Gasteiger partial charge in [-0.1, -0.05) is 0 Å². The molecule has 0 atom stereocenters. The van der Waals surface area contributed by atoms with Crippen molar-refractivity contribution in [3.63, 3.8) is 0 Å². The maximum atomic E-state index is 10.8. The standard InChI is InChI=1S/C6H9N2O2/c7-5(9)4-8-3-1-2-6(8)10/h7H,1-4H2. The van der Waals surface area contributed by atoms with Crippen LogP contribution in [0.2, 0.25) is 0 Å². The average Bonchev–Trinajstić information content (AvgIpc) is 2.15. The maximum Gasteiger partial charge on any atom is 0.257 e. The number of carbonyl (C=O) groups is 2. The molecule has 2 amide bonds. The molecule has 1 fully saturated rings. The van der Waals surface area contributed by atoms with Crippen molar-refractivity contribution in [2.24, 2.45) is 0 Å². The van der Waals surface area contributed by atoms with E-state index in [4.69, 9.17) is 5.73 Å². The molecule has 1 heterocycles. The molecule has 0 aliphatic carbocycles. The third-order valence-corrected chi connectivity index (χ3v) is 1.51. The van der Waals surface area contributed by atoms with Crippen LogP contribution in [0.1, 0.15) is 12.8 Å².